The maximum Gasteiger partial charge on any atom is 0.253 e. The molecule has 1 saturated heterocycles. The average Bonchev–Trinajstić information content (AvgIpc) is 3.32. The van der Waals surface area contributed by atoms with Crippen molar-refractivity contribution in [3.05, 3.63) is 64.0 Å². The topological polar surface area (TPSA) is 91.4 Å². The van der Waals surface area contributed by atoms with Crippen molar-refractivity contribution in [1.82, 2.24) is 9.88 Å². The molecule has 2 aromatic carbocycles. The van der Waals surface area contributed by atoms with Crippen molar-refractivity contribution in [3.8, 4) is 11.3 Å². The Hall–Kier alpha value is -3.23. The highest BCUT2D eigenvalue weighted by atomic mass is 35.5. The maximum absolute atomic E-state index is 12.9. The third-order valence-corrected chi connectivity index (χ3v) is 7.21. The van der Waals surface area contributed by atoms with Crippen LogP contribution in [0.25, 0.3) is 11.3 Å². The smallest absolute Gasteiger partial charge is 0.253 e. The van der Waals surface area contributed by atoms with E-state index in [2.05, 4.69) is 15.6 Å². The lowest BCUT2D eigenvalue weighted by Crippen LogP contribution is -2.43. The van der Waals surface area contributed by atoms with E-state index < -0.39 is 0 Å². The van der Waals surface area contributed by atoms with Gasteiger partial charge in [-0.25, -0.2) is 4.98 Å². The number of carbonyl (C=O) groups is 3. The average molecular weight is 495 g/mol. The van der Waals surface area contributed by atoms with Crippen LogP contribution in [0.3, 0.4) is 0 Å². The molecule has 2 aliphatic heterocycles. The molecular weight excluding hydrogens is 472 g/mol. The molecule has 0 unspecified atom stereocenters. The molecule has 0 bridgehead atoms. The Morgan fingerprint density at radius 2 is 1.97 bits per heavy atom. The number of likely N-dealkylation sites (tertiary alicyclic amines) is 1. The second-order valence-corrected chi connectivity index (χ2v) is 9.84. The van der Waals surface area contributed by atoms with E-state index in [1.165, 1.54) is 11.3 Å². The van der Waals surface area contributed by atoms with Crippen LogP contribution < -0.4 is 10.6 Å². The summed E-state index contributed by atoms with van der Waals surface area (Å²) < 4.78 is 0. The van der Waals surface area contributed by atoms with Crippen molar-refractivity contribution in [2.24, 2.45) is 5.92 Å². The Labute approximate surface area is 206 Å². The van der Waals surface area contributed by atoms with Crippen LogP contribution in [-0.2, 0) is 16.0 Å². The molecule has 0 saturated carbocycles. The number of benzene rings is 2. The maximum atomic E-state index is 12.9. The zero-order chi connectivity index (χ0) is 23.7. The van der Waals surface area contributed by atoms with Gasteiger partial charge in [-0.1, -0.05) is 17.7 Å². The van der Waals surface area contributed by atoms with Gasteiger partial charge in [-0.05, 0) is 61.2 Å². The summed E-state index contributed by atoms with van der Waals surface area (Å²) in [4.78, 5) is 43.7. The molecule has 0 radical (unpaired) electrons. The van der Waals surface area contributed by atoms with Gasteiger partial charge in [0.25, 0.3) is 5.91 Å². The van der Waals surface area contributed by atoms with Crippen LogP contribution >= 0.6 is 22.9 Å². The predicted octanol–water partition coefficient (Wildman–Crippen LogP) is 4.84. The third kappa shape index (κ3) is 4.83. The molecule has 3 aromatic rings. The van der Waals surface area contributed by atoms with Crippen LogP contribution in [0, 0.1) is 5.92 Å². The minimum atomic E-state index is -0.287. The number of nitrogens with zero attached hydrogens (tertiary/aromatic N) is 2. The first-order chi connectivity index (χ1) is 16.5. The van der Waals surface area contributed by atoms with Crippen LogP contribution in [0.15, 0.2) is 47.8 Å². The minimum Gasteiger partial charge on any atom is -0.338 e. The number of hydrogen-bond donors (Lipinski definition) is 2. The lowest BCUT2D eigenvalue weighted by Gasteiger charge is -2.32. The molecule has 9 heteroatoms. The largest absolute Gasteiger partial charge is 0.338 e. The fourth-order valence-corrected chi connectivity index (χ4v) is 5.21. The number of fused-ring (bicyclic) bond motifs is 1. The van der Waals surface area contributed by atoms with Crippen LogP contribution in [0.1, 0.15) is 35.2 Å². The highest BCUT2D eigenvalue weighted by Crippen LogP contribution is 2.31. The van der Waals surface area contributed by atoms with Crippen LogP contribution in [0.4, 0.5) is 10.8 Å². The normalized spacial score (nSPS) is 17.6. The Balaban J connectivity index is 1.23. The second-order valence-electron chi connectivity index (χ2n) is 8.54. The Morgan fingerprint density at radius 3 is 2.79 bits per heavy atom. The lowest BCUT2D eigenvalue weighted by atomic mass is 9.96. The first-order valence-electron chi connectivity index (χ1n) is 11.2. The van der Waals surface area contributed by atoms with Crippen molar-refractivity contribution >= 4 is 51.5 Å². The molecule has 7 nitrogen and oxygen atoms in total. The van der Waals surface area contributed by atoms with Crippen molar-refractivity contribution in [3.63, 3.8) is 0 Å². The van der Waals surface area contributed by atoms with Gasteiger partial charge in [-0.2, -0.15) is 0 Å². The number of thiazole rings is 1. The molecule has 0 spiro atoms. The molecule has 1 aromatic heterocycles. The van der Waals surface area contributed by atoms with Crippen molar-refractivity contribution in [2.75, 3.05) is 23.7 Å². The molecule has 3 heterocycles. The van der Waals surface area contributed by atoms with Gasteiger partial charge in [0.05, 0.1) is 11.6 Å². The third-order valence-electron chi connectivity index (χ3n) is 6.20. The van der Waals surface area contributed by atoms with Gasteiger partial charge in [0.15, 0.2) is 5.13 Å². The van der Waals surface area contributed by atoms with E-state index >= 15 is 0 Å². The Bertz CT molecular complexity index is 1260. The minimum absolute atomic E-state index is 0.0371. The molecule has 2 N–H and O–H groups in total. The van der Waals surface area contributed by atoms with E-state index in [9.17, 15) is 14.4 Å². The van der Waals surface area contributed by atoms with Gasteiger partial charge < -0.3 is 15.5 Å². The summed E-state index contributed by atoms with van der Waals surface area (Å²) in [7, 11) is 0. The van der Waals surface area contributed by atoms with Crippen molar-refractivity contribution in [1.29, 1.82) is 0 Å². The summed E-state index contributed by atoms with van der Waals surface area (Å²) >= 11 is 7.30. The summed E-state index contributed by atoms with van der Waals surface area (Å²) in [6.07, 6.45) is 2.68. The Morgan fingerprint density at radius 1 is 1.15 bits per heavy atom. The standard InChI is InChI=1S/C25H23ClN4O3S/c26-19-7-3-15(4-8-19)24(33)30-11-1-2-18(13-30)23(32)29-25-28-21(14-34-25)17-5-9-20-16(12-17)6-10-22(31)27-20/h3-5,7-9,12,14,18H,1-2,6,10-11,13H2,(H,27,31)(H,28,29,32)/t18-/m0/s1. The number of carbonyl (C=O) groups excluding carboxylic acids is 3. The number of aryl methyl sites for hydroxylation is 1. The van der Waals surface area contributed by atoms with E-state index in [4.69, 9.17) is 11.6 Å². The van der Waals surface area contributed by atoms with Crippen LogP contribution in [-0.4, -0.2) is 40.7 Å². The first-order valence-corrected chi connectivity index (χ1v) is 12.5. The van der Waals surface area contributed by atoms with Gasteiger partial charge in [-0.3, -0.25) is 14.4 Å². The monoisotopic (exact) mass is 494 g/mol. The molecule has 3 amide bonds. The number of rotatable bonds is 4. The molecule has 2 aliphatic rings. The summed E-state index contributed by atoms with van der Waals surface area (Å²) in [6.45, 7) is 1.01. The molecule has 174 valence electrons. The quantitative estimate of drug-likeness (QED) is 0.543. The number of anilines is 2. The SMILES string of the molecule is O=C1CCc2cc(-c3csc(NC(=O)[C@H]4CCCN(C(=O)c5ccc(Cl)cc5)C4)n3)ccc2N1. The summed E-state index contributed by atoms with van der Waals surface area (Å²) in [6, 6.07) is 12.7. The number of halogens is 1. The molecule has 5 rings (SSSR count). The van der Waals surface area contributed by atoms with Crippen LogP contribution in [0.2, 0.25) is 5.02 Å². The number of aromatic nitrogens is 1. The summed E-state index contributed by atoms with van der Waals surface area (Å²) in [5.41, 5.74) is 4.23. The molecular formula is C25H23ClN4O3S. The van der Waals surface area contributed by atoms with Crippen molar-refractivity contribution in [2.45, 2.75) is 25.7 Å². The van der Waals surface area contributed by atoms with E-state index in [0.717, 1.165) is 35.3 Å². The summed E-state index contributed by atoms with van der Waals surface area (Å²) in [5, 5.41) is 8.84. The van der Waals surface area contributed by atoms with E-state index in [0.29, 0.717) is 41.6 Å². The fraction of sp³-hybridized carbons (Fsp3) is 0.280. The zero-order valence-electron chi connectivity index (χ0n) is 18.3. The summed E-state index contributed by atoms with van der Waals surface area (Å²) in [5.74, 6) is -0.461. The molecule has 1 atom stereocenters. The van der Waals surface area contributed by atoms with Crippen molar-refractivity contribution < 1.29 is 14.4 Å². The zero-order valence-corrected chi connectivity index (χ0v) is 19.9. The number of nitrogens with one attached hydrogen (secondary N) is 2. The van der Waals surface area contributed by atoms with E-state index in [-0.39, 0.29) is 23.6 Å². The molecule has 1 fully saturated rings. The van der Waals surface area contributed by atoms with Gasteiger partial charge >= 0.3 is 0 Å². The van der Waals surface area contributed by atoms with Gasteiger partial charge in [0.2, 0.25) is 11.8 Å². The van der Waals surface area contributed by atoms with Gasteiger partial charge in [0, 0.05) is 46.7 Å². The van der Waals surface area contributed by atoms with Gasteiger partial charge in [0.1, 0.15) is 0 Å². The van der Waals surface area contributed by atoms with E-state index in [1.54, 1.807) is 29.2 Å². The first kappa shape index (κ1) is 22.6. The second kappa shape index (κ2) is 9.56. The van der Waals surface area contributed by atoms with Gasteiger partial charge in [-0.15, -0.1) is 11.3 Å². The number of amides is 3. The number of hydrogen-bond acceptors (Lipinski definition) is 5. The highest BCUT2D eigenvalue weighted by molar-refractivity contribution is 7.14. The lowest BCUT2D eigenvalue weighted by molar-refractivity contribution is -0.121. The van der Waals surface area contributed by atoms with E-state index in [1.807, 2.05) is 23.6 Å². The molecule has 0 aliphatic carbocycles. The number of piperidine rings is 1. The Kier molecular flexibility index (Phi) is 6.34. The predicted molar refractivity (Wildman–Crippen MR) is 133 cm³/mol. The molecule has 34 heavy (non-hydrogen) atoms. The fourth-order valence-electron chi connectivity index (χ4n) is 4.36. The van der Waals surface area contributed by atoms with Crippen LogP contribution in [0.5, 0.6) is 0 Å². The highest BCUT2D eigenvalue weighted by Gasteiger charge is 2.29.